The summed E-state index contributed by atoms with van der Waals surface area (Å²) >= 11 is 0. The largest absolute Gasteiger partial charge is 0.507 e. The number of rotatable bonds is 9. The van der Waals surface area contributed by atoms with Gasteiger partial charge in [-0.3, -0.25) is 14.4 Å². The van der Waals surface area contributed by atoms with E-state index < -0.39 is 127 Å². The number of hydrogen-bond acceptors (Lipinski definition) is 14. The Balaban J connectivity index is 1.64. The van der Waals surface area contributed by atoms with Crippen molar-refractivity contribution < 1.29 is 82.0 Å². The predicted molar refractivity (Wildman–Crippen MR) is 158 cm³/mol. The Morgan fingerprint density at radius 2 is 1.80 bits per heavy atom. The van der Waals surface area contributed by atoms with E-state index in [2.05, 4.69) is 5.16 Å². The van der Waals surface area contributed by atoms with Crippen LogP contribution in [0.25, 0.3) is 0 Å². The molecule has 1 heterocycles. The number of carboxylic acids is 1. The van der Waals surface area contributed by atoms with Crippen LogP contribution in [-0.4, -0.2) is 116 Å². The molecule has 6 atom stereocenters. The number of halogens is 3. The fourth-order valence-corrected chi connectivity index (χ4v) is 6.40. The lowest BCUT2D eigenvalue weighted by atomic mass is 9.71. The molecule has 0 spiro atoms. The molecule has 1 fully saturated rings. The highest BCUT2D eigenvalue weighted by Crippen LogP contribution is 2.52. The van der Waals surface area contributed by atoms with Crippen molar-refractivity contribution in [1.29, 1.82) is 0 Å². The Morgan fingerprint density at radius 1 is 1.12 bits per heavy atom. The van der Waals surface area contributed by atoms with Crippen LogP contribution in [0.2, 0.25) is 0 Å². The van der Waals surface area contributed by atoms with Gasteiger partial charge in [0.25, 0.3) is 0 Å². The number of phenols is 2. The van der Waals surface area contributed by atoms with Gasteiger partial charge in [-0.2, -0.15) is 13.2 Å². The zero-order valence-corrected chi connectivity index (χ0v) is 26.2. The zero-order chi connectivity index (χ0) is 36.9. The third kappa shape index (κ3) is 6.44. The maximum Gasteiger partial charge on any atom is 0.471 e. The molecule has 0 aromatic heterocycles. The molecule has 5 rings (SSSR count). The minimum Gasteiger partial charge on any atom is -0.507 e. The summed E-state index contributed by atoms with van der Waals surface area (Å²) in [7, 11) is 1.24. The lowest BCUT2D eigenvalue weighted by molar-refractivity contribution is -0.249. The van der Waals surface area contributed by atoms with Gasteiger partial charge in [0, 0.05) is 36.0 Å². The number of nitrogens with zero attached hydrogens (tertiary/aromatic N) is 1. The number of alkyl halides is 3. The van der Waals surface area contributed by atoms with Crippen LogP contribution < -0.4 is 10.1 Å². The Morgan fingerprint density at radius 3 is 2.42 bits per heavy atom. The molecule has 0 bridgehead atoms. The van der Waals surface area contributed by atoms with E-state index in [1.165, 1.54) is 32.2 Å². The van der Waals surface area contributed by atoms with Crippen molar-refractivity contribution in [2.45, 2.75) is 68.6 Å². The molecule has 7 N–H and O–H groups in total. The fourth-order valence-electron chi connectivity index (χ4n) is 6.40. The van der Waals surface area contributed by atoms with Crippen LogP contribution in [0.1, 0.15) is 68.8 Å². The number of hydrogen-bond donors (Lipinski definition) is 7. The molecule has 1 saturated heterocycles. The van der Waals surface area contributed by atoms with Crippen LogP contribution in [0.4, 0.5) is 13.2 Å². The average molecular weight is 713 g/mol. The Labute approximate surface area is 279 Å². The smallest absolute Gasteiger partial charge is 0.471 e. The number of aliphatic hydroxyl groups excluding tert-OH is 2. The van der Waals surface area contributed by atoms with Gasteiger partial charge >= 0.3 is 18.1 Å². The number of ether oxygens (including phenoxy) is 3. The first-order chi connectivity index (χ1) is 23.4. The van der Waals surface area contributed by atoms with Crippen LogP contribution in [0.5, 0.6) is 17.2 Å². The number of fused-ring (bicyclic) bond motifs is 3. The molecule has 2 aromatic rings. The van der Waals surface area contributed by atoms with Crippen molar-refractivity contribution in [1.82, 2.24) is 5.32 Å². The SMILES string of the molecule is COc1cccc2c1C(=O)c1c(O)c3c(c(O)c1C2=O)CC(O)(/C(CO)=N\OCC(=O)O)CC3OC1CC(NC(=O)C(F)(F)F)C(O)C(C)O1. The van der Waals surface area contributed by atoms with E-state index in [1.54, 1.807) is 5.32 Å². The van der Waals surface area contributed by atoms with Crippen LogP contribution in [-0.2, 0) is 30.3 Å². The predicted octanol–water partition coefficient (Wildman–Crippen LogP) is 0.609. The number of aliphatic carboxylic acids is 1. The van der Waals surface area contributed by atoms with Crippen LogP contribution >= 0.6 is 0 Å². The Kier molecular flexibility index (Phi) is 9.83. The van der Waals surface area contributed by atoms with Gasteiger partial charge in [0.15, 0.2) is 12.1 Å². The molecule has 2 aliphatic carbocycles. The molecule has 0 saturated carbocycles. The molecule has 1 aliphatic heterocycles. The number of aromatic hydroxyl groups is 2. The topological polar surface area (TPSA) is 251 Å². The molecule has 0 radical (unpaired) electrons. The van der Waals surface area contributed by atoms with Gasteiger partial charge in [-0.05, 0) is 13.0 Å². The van der Waals surface area contributed by atoms with E-state index >= 15 is 0 Å². The normalized spacial score (nSPS) is 26.4. The Hall–Kier alpha value is -4.82. The van der Waals surface area contributed by atoms with Crippen LogP contribution in [0, 0.1) is 0 Å². The fraction of sp³-hybridized carbons (Fsp3) is 0.452. The molecule has 3 aliphatic rings. The highest BCUT2D eigenvalue weighted by molar-refractivity contribution is 6.31. The van der Waals surface area contributed by atoms with Gasteiger partial charge < -0.3 is 55.0 Å². The van der Waals surface area contributed by atoms with Crippen molar-refractivity contribution >= 4 is 29.2 Å². The molecular formula is C31H31F3N2O14. The number of phenolic OH excluding ortho intramolecular Hbond substituents is 2. The Bertz CT molecular complexity index is 1780. The third-order valence-electron chi connectivity index (χ3n) is 8.72. The zero-order valence-electron chi connectivity index (χ0n) is 26.2. The maximum atomic E-state index is 13.9. The van der Waals surface area contributed by atoms with E-state index in [9.17, 15) is 57.9 Å². The minimum absolute atomic E-state index is 0.0226. The van der Waals surface area contributed by atoms with E-state index in [0.717, 1.165) is 0 Å². The van der Waals surface area contributed by atoms with Crippen molar-refractivity contribution in [2.24, 2.45) is 5.16 Å². The monoisotopic (exact) mass is 712 g/mol. The standard InChI is InChI=1S/C31H31F3N2O14/c1-11-24(40)14(35-29(45)31(32,33)34)6-19(49-11)50-16-8-30(46,17(9-37)36-48-10-18(38)39)7-13-21(16)28(44)23-22(26(13)42)25(41)12-4-3-5-15(47-2)20(12)27(23)43/h3-5,11,14,16,19,24,37,40,42,44,46H,6-10H2,1-2H3,(H,35,45)(H,38,39)/b36-17-. The van der Waals surface area contributed by atoms with Crippen LogP contribution in [0.15, 0.2) is 23.4 Å². The van der Waals surface area contributed by atoms with E-state index in [1.807, 2.05) is 0 Å². The summed E-state index contributed by atoms with van der Waals surface area (Å²) in [5.41, 5.74) is -5.38. The second-order valence-corrected chi connectivity index (χ2v) is 11.9. The molecule has 50 heavy (non-hydrogen) atoms. The molecule has 6 unspecified atom stereocenters. The first kappa shape index (κ1) is 36.5. The van der Waals surface area contributed by atoms with E-state index in [-0.39, 0.29) is 28.0 Å². The molecule has 2 aromatic carbocycles. The number of nitrogens with one attached hydrogen (secondary N) is 1. The summed E-state index contributed by atoms with van der Waals surface area (Å²) in [4.78, 5) is 55.0. The summed E-state index contributed by atoms with van der Waals surface area (Å²) in [5.74, 6) is -7.42. The van der Waals surface area contributed by atoms with Crippen molar-refractivity contribution in [3.05, 3.63) is 51.6 Å². The molecule has 16 nitrogen and oxygen atoms in total. The second-order valence-electron chi connectivity index (χ2n) is 11.9. The number of carbonyl (C=O) groups is 4. The minimum atomic E-state index is -5.30. The highest BCUT2D eigenvalue weighted by atomic mass is 19.4. The number of methoxy groups -OCH3 is 1. The summed E-state index contributed by atoms with van der Waals surface area (Å²) in [6.45, 7) is -0.769. The second kappa shape index (κ2) is 13.5. The van der Waals surface area contributed by atoms with Gasteiger partial charge in [-0.25, -0.2) is 4.79 Å². The maximum absolute atomic E-state index is 13.9. The lowest BCUT2D eigenvalue weighted by Crippen LogP contribution is -2.57. The van der Waals surface area contributed by atoms with E-state index in [0.29, 0.717) is 0 Å². The molecule has 1 amide bonds. The molecule has 270 valence electrons. The highest BCUT2D eigenvalue weighted by Gasteiger charge is 2.50. The number of benzene rings is 2. The number of ketones is 2. The van der Waals surface area contributed by atoms with Gasteiger partial charge in [-0.15, -0.1) is 0 Å². The van der Waals surface area contributed by atoms with Gasteiger partial charge in [-0.1, -0.05) is 17.3 Å². The van der Waals surface area contributed by atoms with Crippen molar-refractivity contribution in [3.63, 3.8) is 0 Å². The summed E-state index contributed by atoms with van der Waals surface area (Å²) in [6, 6.07) is 2.52. The quantitative estimate of drug-likeness (QED) is 0.0913. The number of aliphatic hydroxyl groups is 3. The number of carbonyl (C=O) groups excluding carboxylic acids is 3. The third-order valence-corrected chi connectivity index (χ3v) is 8.72. The summed E-state index contributed by atoms with van der Waals surface area (Å²) in [6.07, 6.45) is -13.5. The summed E-state index contributed by atoms with van der Waals surface area (Å²) in [5, 5.41) is 69.8. The first-order valence-electron chi connectivity index (χ1n) is 14.9. The summed E-state index contributed by atoms with van der Waals surface area (Å²) < 4.78 is 56.0. The van der Waals surface area contributed by atoms with Crippen molar-refractivity contribution in [2.75, 3.05) is 20.3 Å². The molecule has 19 heteroatoms. The van der Waals surface area contributed by atoms with Gasteiger partial charge in [0.05, 0.1) is 48.7 Å². The first-order valence-corrected chi connectivity index (χ1v) is 14.9. The van der Waals surface area contributed by atoms with Crippen LogP contribution in [0.3, 0.4) is 0 Å². The number of amides is 1. The number of oxime groups is 1. The van der Waals surface area contributed by atoms with E-state index in [4.69, 9.17) is 24.2 Å². The average Bonchev–Trinajstić information content (AvgIpc) is 3.04. The van der Waals surface area contributed by atoms with Gasteiger partial charge in [0.1, 0.15) is 34.7 Å². The number of carboxylic acid groups (broad SMARTS) is 1. The lowest BCUT2D eigenvalue weighted by Gasteiger charge is -2.43. The molecular weight excluding hydrogens is 681 g/mol. The van der Waals surface area contributed by atoms with Gasteiger partial charge in [0.2, 0.25) is 12.4 Å². The van der Waals surface area contributed by atoms with Crippen molar-refractivity contribution in [3.8, 4) is 17.2 Å².